The second-order valence-electron chi connectivity index (χ2n) is 9.79. The van der Waals surface area contributed by atoms with Crippen LogP contribution in [-0.2, 0) is 22.4 Å². The summed E-state index contributed by atoms with van der Waals surface area (Å²) in [5, 5.41) is 18.3. The number of carbonyl (C=O) groups excluding carboxylic acids is 2. The molecule has 2 aromatic rings. The van der Waals surface area contributed by atoms with Crippen molar-refractivity contribution in [2.45, 2.75) is 44.6 Å². The van der Waals surface area contributed by atoms with E-state index in [1.807, 2.05) is 0 Å². The molecule has 4 N–H and O–H groups in total. The van der Waals surface area contributed by atoms with Gasteiger partial charge >= 0.3 is 5.97 Å². The van der Waals surface area contributed by atoms with Gasteiger partial charge in [-0.25, -0.2) is 9.78 Å². The highest BCUT2D eigenvalue weighted by molar-refractivity contribution is 6.43. The van der Waals surface area contributed by atoms with E-state index in [-0.39, 0.29) is 34.0 Å². The number of anilines is 1. The molecular weight excluding hydrogens is 529 g/mol. The second kappa shape index (κ2) is 13.3. The summed E-state index contributed by atoms with van der Waals surface area (Å²) in [6, 6.07) is 7.51. The van der Waals surface area contributed by atoms with Crippen molar-refractivity contribution in [1.29, 1.82) is 0 Å². The molecule has 3 heterocycles. The first-order valence-electron chi connectivity index (χ1n) is 13.0. The number of amides is 2. The normalized spacial score (nSPS) is 18.1. The number of carboxylic acids is 1. The van der Waals surface area contributed by atoms with E-state index >= 15 is 0 Å². The van der Waals surface area contributed by atoms with E-state index in [1.165, 1.54) is 17.7 Å². The number of likely N-dealkylation sites (tertiary alicyclic amines) is 1. The number of hydrogen-bond acceptors (Lipinski definition) is 6. The molecule has 38 heavy (non-hydrogen) atoms. The number of carbonyl (C=O) groups is 3. The summed E-state index contributed by atoms with van der Waals surface area (Å²) < 4.78 is 0. The van der Waals surface area contributed by atoms with Crippen molar-refractivity contribution in [3.05, 3.63) is 57.2 Å². The van der Waals surface area contributed by atoms with Crippen LogP contribution < -0.4 is 16.0 Å². The maximum atomic E-state index is 12.9. The minimum Gasteiger partial charge on any atom is -0.480 e. The number of piperidine rings is 1. The van der Waals surface area contributed by atoms with Gasteiger partial charge in [-0.05, 0) is 75.4 Å². The zero-order chi connectivity index (χ0) is 27.1. The van der Waals surface area contributed by atoms with E-state index in [0.29, 0.717) is 6.54 Å². The predicted octanol–water partition coefficient (Wildman–Crippen LogP) is 3.39. The minimum atomic E-state index is -1.31. The van der Waals surface area contributed by atoms with Gasteiger partial charge in [-0.3, -0.25) is 9.59 Å². The van der Waals surface area contributed by atoms with Crippen LogP contribution in [0.4, 0.5) is 5.82 Å². The molecule has 1 saturated heterocycles. The Bertz CT molecular complexity index is 1180. The number of fused-ring (bicyclic) bond motifs is 1. The van der Waals surface area contributed by atoms with Crippen LogP contribution in [0.2, 0.25) is 10.0 Å². The lowest BCUT2D eigenvalue weighted by Gasteiger charge is -2.32. The first kappa shape index (κ1) is 28.1. The lowest BCUT2D eigenvalue weighted by molar-refractivity contribution is -0.139. The number of hydrogen-bond donors (Lipinski definition) is 4. The molecule has 0 unspecified atom stereocenters. The molecule has 9 nitrogen and oxygen atoms in total. The second-order valence-corrected chi connectivity index (χ2v) is 10.6. The Balaban J connectivity index is 1.23. The Hall–Kier alpha value is -2.88. The Morgan fingerprint density at radius 3 is 2.84 bits per heavy atom. The number of nitrogens with one attached hydrogen (secondary N) is 3. The summed E-state index contributed by atoms with van der Waals surface area (Å²) in [7, 11) is 0. The number of halogens is 2. The maximum absolute atomic E-state index is 12.9. The van der Waals surface area contributed by atoms with Gasteiger partial charge in [0, 0.05) is 25.3 Å². The highest BCUT2D eigenvalue weighted by Crippen LogP contribution is 2.25. The Labute approximate surface area is 232 Å². The molecule has 2 aliphatic rings. The fourth-order valence-electron chi connectivity index (χ4n) is 4.93. The van der Waals surface area contributed by atoms with Gasteiger partial charge in [0.25, 0.3) is 5.91 Å². The van der Waals surface area contributed by atoms with E-state index in [0.717, 1.165) is 69.7 Å². The van der Waals surface area contributed by atoms with Crippen LogP contribution in [0.5, 0.6) is 0 Å². The zero-order valence-corrected chi connectivity index (χ0v) is 22.7. The lowest BCUT2D eigenvalue weighted by atomic mass is 9.96. The van der Waals surface area contributed by atoms with Crippen molar-refractivity contribution >= 4 is 46.8 Å². The Morgan fingerprint density at radius 1 is 1.18 bits per heavy atom. The van der Waals surface area contributed by atoms with Gasteiger partial charge in [0.15, 0.2) is 0 Å². The number of aryl methyl sites for hydroxylation is 2. The summed E-state index contributed by atoms with van der Waals surface area (Å²) in [6.07, 6.45) is 5.66. The number of carboxylic acid groups (broad SMARTS) is 1. The molecule has 0 saturated carbocycles. The summed E-state index contributed by atoms with van der Waals surface area (Å²) in [6.45, 7) is 3.15. The van der Waals surface area contributed by atoms with Gasteiger partial charge in [-0.1, -0.05) is 35.3 Å². The molecule has 0 aliphatic carbocycles. The van der Waals surface area contributed by atoms with E-state index in [2.05, 4.69) is 33.0 Å². The summed E-state index contributed by atoms with van der Waals surface area (Å²) in [5.41, 5.74) is 2.43. The van der Waals surface area contributed by atoms with Crippen LogP contribution >= 0.6 is 23.2 Å². The third-order valence-electron chi connectivity index (χ3n) is 7.02. The highest BCUT2D eigenvalue weighted by Gasteiger charge is 2.28. The first-order chi connectivity index (χ1) is 18.3. The van der Waals surface area contributed by atoms with Crippen LogP contribution in [0, 0.1) is 5.92 Å². The van der Waals surface area contributed by atoms with E-state index < -0.39 is 17.9 Å². The maximum Gasteiger partial charge on any atom is 0.328 e. The standard InChI is InChI=1S/C27H33Cl2N5O4/c28-21-9-1-8-20(23(21)29)26(36)33-22(27(37)38)15-31-25(35)18-6-3-13-34(16-18)14-4-7-19-11-10-17-5-2-12-30-24(17)32-19/h1,8-11,18,22H,2-7,12-16H2,(H,30,32)(H,31,35)(H,33,36)(H,37,38)/t18-,22+/m1/s1. The SMILES string of the molecule is O=C(N[C@@H](CNC(=O)[C@@H]1CCCN(CCCc2ccc3c(n2)NCCC3)C1)C(=O)O)c1cccc(Cl)c1Cl. The molecule has 11 heteroatoms. The molecule has 0 bridgehead atoms. The van der Waals surface area contributed by atoms with Gasteiger partial charge in [-0.2, -0.15) is 0 Å². The van der Waals surface area contributed by atoms with Gasteiger partial charge in [0.05, 0.1) is 21.5 Å². The molecule has 1 aromatic carbocycles. The molecule has 4 rings (SSSR count). The molecule has 1 fully saturated rings. The first-order valence-corrected chi connectivity index (χ1v) is 13.8. The van der Waals surface area contributed by atoms with Gasteiger partial charge in [-0.15, -0.1) is 0 Å². The van der Waals surface area contributed by atoms with E-state index in [1.54, 1.807) is 6.07 Å². The van der Waals surface area contributed by atoms with Crippen LogP contribution in [0.15, 0.2) is 30.3 Å². The molecular formula is C27H33Cl2N5O4. The summed E-state index contributed by atoms with van der Waals surface area (Å²) in [4.78, 5) is 44.2. The van der Waals surface area contributed by atoms with Crippen LogP contribution in [-0.4, -0.2) is 71.5 Å². The topological polar surface area (TPSA) is 124 Å². The number of aliphatic carboxylic acids is 1. The van der Waals surface area contributed by atoms with E-state index in [4.69, 9.17) is 28.2 Å². The van der Waals surface area contributed by atoms with Crippen molar-refractivity contribution in [1.82, 2.24) is 20.5 Å². The van der Waals surface area contributed by atoms with Crippen molar-refractivity contribution in [2.24, 2.45) is 5.92 Å². The number of nitrogens with zero attached hydrogens (tertiary/aromatic N) is 2. The Morgan fingerprint density at radius 2 is 2.03 bits per heavy atom. The van der Waals surface area contributed by atoms with Crippen LogP contribution in [0.25, 0.3) is 0 Å². The smallest absolute Gasteiger partial charge is 0.328 e. The molecule has 2 amide bonds. The largest absolute Gasteiger partial charge is 0.480 e. The van der Waals surface area contributed by atoms with Gasteiger partial charge in [0.1, 0.15) is 11.9 Å². The summed E-state index contributed by atoms with van der Waals surface area (Å²) in [5.74, 6) is -1.36. The fourth-order valence-corrected chi connectivity index (χ4v) is 5.31. The quantitative estimate of drug-likeness (QED) is 0.350. The monoisotopic (exact) mass is 561 g/mol. The molecule has 204 valence electrons. The molecule has 1 aromatic heterocycles. The molecule has 2 atom stereocenters. The average molecular weight is 562 g/mol. The molecule has 0 radical (unpaired) electrons. The summed E-state index contributed by atoms with van der Waals surface area (Å²) >= 11 is 12.0. The highest BCUT2D eigenvalue weighted by atomic mass is 35.5. The van der Waals surface area contributed by atoms with Crippen molar-refractivity contribution in [2.75, 3.05) is 38.0 Å². The molecule has 2 aliphatic heterocycles. The Kier molecular flexibility index (Phi) is 9.82. The van der Waals surface area contributed by atoms with Crippen molar-refractivity contribution < 1.29 is 19.5 Å². The van der Waals surface area contributed by atoms with Crippen LogP contribution in [0.1, 0.15) is 47.3 Å². The van der Waals surface area contributed by atoms with Gasteiger partial charge in [0.2, 0.25) is 5.91 Å². The number of rotatable bonds is 10. The number of aromatic nitrogens is 1. The third kappa shape index (κ3) is 7.36. The van der Waals surface area contributed by atoms with E-state index in [9.17, 15) is 19.5 Å². The number of benzene rings is 1. The minimum absolute atomic E-state index is 0.0428. The third-order valence-corrected chi connectivity index (χ3v) is 7.83. The van der Waals surface area contributed by atoms with Crippen LogP contribution in [0.3, 0.4) is 0 Å². The molecule has 0 spiro atoms. The van der Waals surface area contributed by atoms with Crippen molar-refractivity contribution in [3.8, 4) is 0 Å². The zero-order valence-electron chi connectivity index (χ0n) is 21.1. The number of pyridine rings is 1. The fraction of sp³-hybridized carbons (Fsp3) is 0.481. The average Bonchev–Trinajstić information content (AvgIpc) is 2.92. The van der Waals surface area contributed by atoms with Crippen molar-refractivity contribution in [3.63, 3.8) is 0 Å². The predicted molar refractivity (Wildman–Crippen MR) is 147 cm³/mol. The van der Waals surface area contributed by atoms with Gasteiger partial charge < -0.3 is 26.0 Å². The lowest BCUT2D eigenvalue weighted by Crippen LogP contribution is -2.51.